The van der Waals surface area contributed by atoms with E-state index in [0.717, 1.165) is 0 Å². The van der Waals surface area contributed by atoms with Crippen LogP contribution >= 0.6 is 0 Å². The Balaban J connectivity index is 1.58. The smallest absolute Gasteiger partial charge is 0.307 e. The van der Waals surface area contributed by atoms with Gasteiger partial charge in [0.05, 0.1) is 18.1 Å². The van der Waals surface area contributed by atoms with Gasteiger partial charge in [-0.05, 0) is 17.5 Å². The summed E-state index contributed by atoms with van der Waals surface area (Å²) in [6, 6.07) is 3.28. The van der Waals surface area contributed by atoms with E-state index in [-0.39, 0.29) is 11.8 Å². The lowest BCUT2D eigenvalue weighted by Gasteiger charge is -2.34. The molecule has 2 atom stereocenters. The molecule has 1 aromatic heterocycles. The Bertz CT molecular complexity index is 629. The highest BCUT2D eigenvalue weighted by molar-refractivity contribution is 5.93. The maximum absolute atomic E-state index is 12.5. The van der Waals surface area contributed by atoms with Crippen molar-refractivity contribution < 1.29 is 23.9 Å². The average Bonchev–Trinajstić information content (AvgIpc) is 2.90. The van der Waals surface area contributed by atoms with Crippen LogP contribution in [0.4, 0.5) is 0 Å². The molecule has 0 aromatic carbocycles. The maximum Gasteiger partial charge on any atom is 0.307 e. The van der Waals surface area contributed by atoms with E-state index in [4.69, 9.17) is 4.42 Å². The fourth-order valence-electron chi connectivity index (χ4n) is 3.44. The number of nitrogens with zero attached hydrogens (tertiary/aromatic N) is 2. The van der Waals surface area contributed by atoms with Crippen molar-refractivity contribution in [3.05, 3.63) is 24.2 Å². The van der Waals surface area contributed by atoms with E-state index >= 15 is 0 Å². The molecule has 0 bridgehead atoms. The summed E-state index contributed by atoms with van der Waals surface area (Å²) in [4.78, 5) is 39.2. The standard InChI is InChI=1S/C16H20N2O5/c1-16(2)11(12(16)15(21)22)14(20)18-7-5-17(6-8-18)13(19)10-4-3-9-23-10/h3-4,9,11-12H,5-8H2,1-2H3,(H,21,22). The van der Waals surface area contributed by atoms with Crippen LogP contribution in [0.25, 0.3) is 0 Å². The second kappa shape index (κ2) is 5.40. The number of carboxylic acid groups (broad SMARTS) is 1. The van der Waals surface area contributed by atoms with Crippen molar-refractivity contribution in [2.45, 2.75) is 13.8 Å². The molecule has 7 nitrogen and oxygen atoms in total. The number of carboxylic acids is 1. The molecule has 1 saturated heterocycles. The molecule has 0 radical (unpaired) electrons. The predicted octanol–water partition coefficient (Wildman–Crippen LogP) is 0.921. The van der Waals surface area contributed by atoms with E-state index in [1.54, 1.807) is 21.9 Å². The van der Waals surface area contributed by atoms with Crippen molar-refractivity contribution in [3.63, 3.8) is 0 Å². The lowest BCUT2D eigenvalue weighted by molar-refractivity contribution is -0.142. The lowest BCUT2D eigenvalue weighted by Crippen LogP contribution is -2.51. The van der Waals surface area contributed by atoms with Crippen molar-refractivity contribution in [3.8, 4) is 0 Å². The first-order valence-corrected chi connectivity index (χ1v) is 7.68. The van der Waals surface area contributed by atoms with E-state index < -0.39 is 23.2 Å². The van der Waals surface area contributed by atoms with Crippen LogP contribution in [0.1, 0.15) is 24.4 Å². The van der Waals surface area contributed by atoms with Crippen LogP contribution in [0.3, 0.4) is 0 Å². The Labute approximate surface area is 133 Å². The zero-order valence-corrected chi connectivity index (χ0v) is 13.2. The van der Waals surface area contributed by atoms with Crippen molar-refractivity contribution >= 4 is 17.8 Å². The quantitative estimate of drug-likeness (QED) is 0.894. The van der Waals surface area contributed by atoms with Crippen LogP contribution in [-0.4, -0.2) is 58.9 Å². The lowest BCUT2D eigenvalue weighted by atomic mass is 10.1. The summed E-state index contributed by atoms with van der Waals surface area (Å²) in [6.45, 7) is 5.32. The van der Waals surface area contributed by atoms with Crippen LogP contribution in [-0.2, 0) is 9.59 Å². The molecule has 3 rings (SSSR count). The third kappa shape index (κ3) is 2.60. The van der Waals surface area contributed by atoms with E-state index in [2.05, 4.69) is 0 Å². The monoisotopic (exact) mass is 320 g/mol. The normalized spacial score (nSPS) is 26.0. The van der Waals surface area contributed by atoms with Gasteiger partial charge in [0.1, 0.15) is 0 Å². The molecule has 2 amide bonds. The zero-order chi connectivity index (χ0) is 16.8. The molecule has 1 aliphatic heterocycles. The second-order valence-electron chi connectivity index (χ2n) is 6.71. The van der Waals surface area contributed by atoms with Gasteiger partial charge in [-0.3, -0.25) is 14.4 Å². The number of hydrogen-bond acceptors (Lipinski definition) is 4. The summed E-state index contributed by atoms with van der Waals surface area (Å²) < 4.78 is 5.10. The molecule has 7 heteroatoms. The van der Waals surface area contributed by atoms with Crippen molar-refractivity contribution in [2.24, 2.45) is 17.3 Å². The van der Waals surface area contributed by atoms with Crippen LogP contribution in [0.15, 0.2) is 22.8 Å². The largest absolute Gasteiger partial charge is 0.481 e. The van der Waals surface area contributed by atoms with Gasteiger partial charge in [0.25, 0.3) is 5.91 Å². The molecular formula is C16H20N2O5. The summed E-state index contributed by atoms with van der Waals surface area (Å²) >= 11 is 0. The minimum Gasteiger partial charge on any atom is -0.481 e. The van der Waals surface area contributed by atoms with Gasteiger partial charge in [0, 0.05) is 26.2 Å². The first kappa shape index (κ1) is 15.6. The highest BCUT2D eigenvalue weighted by Gasteiger charge is 2.66. The Morgan fingerprint density at radius 3 is 2.22 bits per heavy atom. The molecule has 2 heterocycles. The maximum atomic E-state index is 12.5. The number of rotatable bonds is 3. The SMILES string of the molecule is CC1(C)C(C(=O)O)C1C(=O)N1CCN(C(=O)c2ccco2)CC1. The van der Waals surface area contributed by atoms with Crippen LogP contribution in [0.5, 0.6) is 0 Å². The van der Waals surface area contributed by atoms with Crippen molar-refractivity contribution in [2.75, 3.05) is 26.2 Å². The van der Waals surface area contributed by atoms with Gasteiger partial charge in [-0.15, -0.1) is 0 Å². The molecule has 2 aliphatic rings. The highest BCUT2D eigenvalue weighted by Crippen LogP contribution is 2.59. The van der Waals surface area contributed by atoms with E-state index in [1.165, 1.54) is 6.26 Å². The van der Waals surface area contributed by atoms with Gasteiger partial charge in [-0.2, -0.15) is 0 Å². The van der Waals surface area contributed by atoms with Gasteiger partial charge < -0.3 is 19.3 Å². The van der Waals surface area contributed by atoms with Crippen molar-refractivity contribution in [1.29, 1.82) is 0 Å². The third-order valence-corrected chi connectivity index (χ3v) is 4.97. The number of carbonyl (C=O) groups is 3. The number of piperazine rings is 1. The van der Waals surface area contributed by atoms with E-state index in [9.17, 15) is 19.5 Å². The summed E-state index contributed by atoms with van der Waals surface area (Å²) in [6.07, 6.45) is 1.45. The van der Waals surface area contributed by atoms with E-state index in [1.807, 2.05) is 13.8 Å². The topological polar surface area (TPSA) is 91.1 Å². The summed E-state index contributed by atoms with van der Waals surface area (Å²) in [5, 5.41) is 9.19. The molecule has 2 unspecified atom stereocenters. The fourth-order valence-corrected chi connectivity index (χ4v) is 3.44. The molecule has 124 valence electrons. The number of amides is 2. The summed E-state index contributed by atoms with van der Waals surface area (Å²) in [5.41, 5.74) is -0.496. The van der Waals surface area contributed by atoms with E-state index in [0.29, 0.717) is 31.9 Å². The Hall–Kier alpha value is -2.31. The number of furan rings is 1. The minimum absolute atomic E-state index is 0.118. The first-order valence-electron chi connectivity index (χ1n) is 7.68. The van der Waals surface area contributed by atoms with Gasteiger partial charge in [0.15, 0.2) is 5.76 Å². The van der Waals surface area contributed by atoms with Gasteiger partial charge in [0.2, 0.25) is 5.91 Å². The predicted molar refractivity (Wildman–Crippen MR) is 79.6 cm³/mol. The van der Waals surface area contributed by atoms with Gasteiger partial charge >= 0.3 is 5.97 Å². The number of carbonyl (C=O) groups excluding carboxylic acids is 2. The summed E-state index contributed by atoms with van der Waals surface area (Å²) in [7, 11) is 0. The second-order valence-corrected chi connectivity index (χ2v) is 6.71. The van der Waals surface area contributed by atoms with Gasteiger partial charge in [-0.1, -0.05) is 13.8 Å². The molecule has 1 N–H and O–H groups in total. The summed E-state index contributed by atoms with van der Waals surface area (Å²) in [5.74, 6) is -2.01. The third-order valence-electron chi connectivity index (χ3n) is 4.97. The molecule has 0 spiro atoms. The Kier molecular flexibility index (Phi) is 3.66. The molecular weight excluding hydrogens is 300 g/mol. The molecule has 1 aromatic rings. The highest BCUT2D eigenvalue weighted by atomic mass is 16.4. The average molecular weight is 320 g/mol. The number of aliphatic carboxylic acids is 1. The van der Waals surface area contributed by atoms with Crippen molar-refractivity contribution in [1.82, 2.24) is 9.80 Å². The van der Waals surface area contributed by atoms with Crippen LogP contribution < -0.4 is 0 Å². The fraction of sp³-hybridized carbons (Fsp3) is 0.562. The molecule has 1 aliphatic carbocycles. The van der Waals surface area contributed by atoms with Gasteiger partial charge in [-0.25, -0.2) is 0 Å². The van der Waals surface area contributed by atoms with Crippen LogP contribution in [0, 0.1) is 17.3 Å². The zero-order valence-electron chi connectivity index (χ0n) is 13.2. The minimum atomic E-state index is -0.917. The molecule has 2 fully saturated rings. The Morgan fingerprint density at radius 1 is 1.13 bits per heavy atom. The number of hydrogen-bond donors (Lipinski definition) is 1. The molecule has 1 saturated carbocycles. The van der Waals surface area contributed by atoms with Crippen LogP contribution in [0.2, 0.25) is 0 Å². The molecule has 23 heavy (non-hydrogen) atoms. The first-order chi connectivity index (χ1) is 10.8. The Morgan fingerprint density at radius 2 is 1.74 bits per heavy atom.